The normalized spacial score (nSPS) is 12.8. The fourth-order valence-corrected chi connectivity index (χ4v) is 2.97. The summed E-state index contributed by atoms with van der Waals surface area (Å²) in [6.45, 7) is 1.95. The molecule has 0 atom stereocenters. The van der Waals surface area contributed by atoms with Crippen LogP contribution in [-0.4, -0.2) is 51.8 Å². The predicted molar refractivity (Wildman–Crippen MR) is 111 cm³/mol. The van der Waals surface area contributed by atoms with E-state index < -0.39 is 6.03 Å². The number of amides is 3. The molecule has 2 aromatic heterocycles. The van der Waals surface area contributed by atoms with E-state index in [4.69, 9.17) is 5.84 Å². The first kappa shape index (κ1) is 21.0. The summed E-state index contributed by atoms with van der Waals surface area (Å²) in [5.74, 6) is 5.01. The highest BCUT2D eigenvalue weighted by Crippen LogP contribution is 2.25. The van der Waals surface area contributed by atoms with Gasteiger partial charge in [-0.05, 0) is 31.0 Å². The highest BCUT2D eigenvalue weighted by atomic mass is 19.1. The molecule has 0 unspecified atom stereocenters. The minimum Gasteiger partial charge on any atom is -0.388 e. The summed E-state index contributed by atoms with van der Waals surface area (Å²) in [7, 11) is 1.75. The number of carbonyl (C=O) groups excluding carboxylic acids is 2. The van der Waals surface area contributed by atoms with Crippen LogP contribution in [0.3, 0.4) is 0 Å². The number of halogens is 1. The maximum absolute atomic E-state index is 14.0. The first-order valence-electron chi connectivity index (χ1n) is 9.33. The number of fused-ring (bicyclic) bond motifs is 1. The zero-order valence-electron chi connectivity index (χ0n) is 16.4. The molecule has 1 saturated heterocycles. The third kappa shape index (κ3) is 5.00. The molecular formula is C19H23FN8O2. The lowest BCUT2D eigenvalue weighted by molar-refractivity contribution is -0.117. The Morgan fingerprint density at radius 1 is 1.23 bits per heavy atom. The third-order valence-corrected chi connectivity index (χ3v) is 4.52. The summed E-state index contributed by atoms with van der Waals surface area (Å²) < 4.78 is 15.6. The van der Waals surface area contributed by atoms with Gasteiger partial charge in [-0.1, -0.05) is 0 Å². The van der Waals surface area contributed by atoms with Crippen LogP contribution in [0.25, 0.3) is 17.0 Å². The molecule has 5 N–H and O–H groups in total. The summed E-state index contributed by atoms with van der Waals surface area (Å²) >= 11 is 0. The number of imidazole rings is 1. The zero-order chi connectivity index (χ0) is 21.5. The van der Waals surface area contributed by atoms with Crippen LogP contribution in [0.5, 0.6) is 0 Å². The van der Waals surface area contributed by atoms with Crippen molar-refractivity contribution in [2.75, 3.05) is 30.8 Å². The number of urea groups is 1. The Hall–Kier alpha value is -3.73. The summed E-state index contributed by atoms with van der Waals surface area (Å²) in [6, 6.07) is 4.11. The van der Waals surface area contributed by atoms with Crippen molar-refractivity contribution in [1.82, 2.24) is 24.7 Å². The molecule has 0 spiro atoms. The molecule has 1 aliphatic heterocycles. The number of hydrogen-bond donors (Lipinski definition) is 4. The van der Waals surface area contributed by atoms with Gasteiger partial charge < -0.3 is 15.5 Å². The minimum absolute atomic E-state index is 0.358. The number of benzene rings is 1. The molecule has 4 rings (SSSR count). The van der Waals surface area contributed by atoms with Crippen LogP contribution in [-0.2, 0) is 4.79 Å². The van der Waals surface area contributed by atoms with Crippen molar-refractivity contribution in [3.63, 3.8) is 0 Å². The van der Waals surface area contributed by atoms with Gasteiger partial charge >= 0.3 is 6.03 Å². The number of nitrogens with zero attached hydrogens (tertiary/aromatic N) is 4. The van der Waals surface area contributed by atoms with Gasteiger partial charge in [-0.15, -0.1) is 0 Å². The van der Waals surface area contributed by atoms with Crippen LogP contribution in [0.4, 0.5) is 20.6 Å². The van der Waals surface area contributed by atoms with Gasteiger partial charge in [0.05, 0.1) is 17.6 Å². The lowest BCUT2D eigenvalue weighted by Crippen LogP contribution is -2.34. The maximum Gasteiger partial charge on any atom is 0.333 e. The predicted octanol–water partition coefficient (Wildman–Crippen LogP) is 1.81. The third-order valence-electron chi connectivity index (χ3n) is 4.52. The lowest BCUT2D eigenvalue weighted by Gasteiger charge is -2.03. The summed E-state index contributed by atoms with van der Waals surface area (Å²) in [5, 5.41) is 5.44. The Morgan fingerprint density at radius 3 is 2.63 bits per heavy atom. The number of nitrogens with one attached hydrogen (secondary N) is 3. The molecule has 0 bridgehead atoms. The quantitative estimate of drug-likeness (QED) is 0.223. The van der Waals surface area contributed by atoms with Gasteiger partial charge in [-0.2, -0.15) is 0 Å². The van der Waals surface area contributed by atoms with E-state index in [2.05, 4.69) is 20.6 Å². The van der Waals surface area contributed by atoms with E-state index >= 15 is 0 Å². The second kappa shape index (κ2) is 9.65. The molecule has 1 aliphatic rings. The van der Waals surface area contributed by atoms with Crippen LogP contribution in [0.2, 0.25) is 0 Å². The SMILES string of the molecule is CNc1ccc(F)c(-c2cn3cc(NC(=O)NN)cnc3n2)c1.O=CN1CCCC1. The van der Waals surface area contributed by atoms with Crippen LogP contribution in [0, 0.1) is 5.82 Å². The Balaban J connectivity index is 0.000000310. The molecule has 3 heterocycles. The van der Waals surface area contributed by atoms with Crippen molar-refractivity contribution >= 4 is 29.6 Å². The second-order valence-electron chi connectivity index (χ2n) is 6.57. The molecule has 0 aliphatic carbocycles. The molecule has 0 saturated carbocycles. The molecular weight excluding hydrogens is 391 g/mol. The standard InChI is InChI=1S/C14H14FN7O.C5H9NO/c1-17-8-2-3-11(15)10(4-8)12-7-22-6-9(19-14(23)21-16)5-18-13(22)20-12;7-5-6-3-1-2-4-6/h2-7,17H,16H2,1H3,(H2,19,21,23);5H,1-4H2. The molecule has 10 nitrogen and oxygen atoms in total. The number of aromatic nitrogens is 3. The topological polar surface area (TPSA) is 130 Å². The number of hydrazine groups is 1. The minimum atomic E-state index is -0.570. The monoisotopic (exact) mass is 414 g/mol. The summed E-state index contributed by atoms with van der Waals surface area (Å²) in [4.78, 5) is 31.3. The summed E-state index contributed by atoms with van der Waals surface area (Å²) in [6.07, 6.45) is 7.98. The van der Waals surface area contributed by atoms with Crippen molar-refractivity contribution in [3.8, 4) is 11.3 Å². The first-order valence-corrected chi connectivity index (χ1v) is 9.33. The largest absolute Gasteiger partial charge is 0.388 e. The number of nitrogens with two attached hydrogens (primary N) is 1. The fraction of sp³-hybridized carbons (Fsp3) is 0.263. The van der Waals surface area contributed by atoms with Gasteiger partial charge in [0.25, 0.3) is 0 Å². The average molecular weight is 414 g/mol. The van der Waals surface area contributed by atoms with Crippen molar-refractivity contribution in [1.29, 1.82) is 0 Å². The maximum atomic E-state index is 14.0. The van der Waals surface area contributed by atoms with Gasteiger partial charge in [0, 0.05) is 43.8 Å². The molecule has 0 radical (unpaired) electrons. The van der Waals surface area contributed by atoms with Gasteiger partial charge in [0.1, 0.15) is 5.82 Å². The number of anilines is 2. The van der Waals surface area contributed by atoms with Crippen LogP contribution < -0.4 is 21.9 Å². The summed E-state index contributed by atoms with van der Waals surface area (Å²) in [5.41, 5.74) is 3.95. The second-order valence-corrected chi connectivity index (χ2v) is 6.57. The zero-order valence-corrected chi connectivity index (χ0v) is 16.4. The highest BCUT2D eigenvalue weighted by molar-refractivity contribution is 5.88. The lowest BCUT2D eigenvalue weighted by atomic mass is 10.1. The van der Waals surface area contributed by atoms with Crippen molar-refractivity contribution < 1.29 is 14.0 Å². The van der Waals surface area contributed by atoms with E-state index in [1.807, 2.05) is 5.43 Å². The Bertz CT molecular complexity index is 1030. The Labute approximate surface area is 172 Å². The van der Waals surface area contributed by atoms with Crippen LogP contribution in [0.1, 0.15) is 12.8 Å². The Kier molecular flexibility index (Phi) is 6.75. The molecule has 158 valence electrons. The van der Waals surface area contributed by atoms with Gasteiger partial charge in [-0.25, -0.2) is 25.0 Å². The number of likely N-dealkylation sites (tertiary alicyclic amines) is 1. The molecule has 1 aromatic carbocycles. The highest BCUT2D eigenvalue weighted by Gasteiger charge is 2.12. The van der Waals surface area contributed by atoms with E-state index in [0.717, 1.165) is 25.2 Å². The number of rotatable bonds is 4. The molecule has 11 heteroatoms. The van der Waals surface area contributed by atoms with E-state index in [1.54, 1.807) is 40.9 Å². The number of carbonyl (C=O) groups is 2. The Morgan fingerprint density at radius 2 is 2.00 bits per heavy atom. The smallest absolute Gasteiger partial charge is 0.333 e. The first-order chi connectivity index (χ1) is 14.5. The van der Waals surface area contributed by atoms with Gasteiger partial charge in [0.2, 0.25) is 12.2 Å². The van der Waals surface area contributed by atoms with E-state index in [9.17, 15) is 14.0 Å². The van der Waals surface area contributed by atoms with Crippen molar-refractivity contribution in [2.24, 2.45) is 5.84 Å². The molecule has 1 fully saturated rings. The van der Waals surface area contributed by atoms with Crippen molar-refractivity contribution in [2.45, 2.75) is 12.8 Å². The van der Waals surface area contributed by atoms with E-state index in [1.165, 1.54) is 25.1 Å². The van der Waals surface area contributed by atoms with E-state index in [-0.39, 0.29) is 5.82 Å². The van der Waals surface area contributed by atoms with Crippen LogP contribution in [0.15, 0.2) is 36.8 Å². The molecule has 3 aromatic rings. The molecule has 30 heavy (non-hydrogen) atoms. The molecule has 3 amide bonds. The van der Waals surface area contributed by atoms with Gasteiger partial charge in [0.15, 0.2) is 0 Å². The van der Waals surface area contributed by atoms with Gasteiger partial charge in [-0.3, -0.25) is 14.6 Å². The number of hydrogen-bond acceptors (Lipinski definition) is 6. The van der Waals surface area contributed by atoms with Crippen molar-refractivity contribution in [3.05, 3.63) is 42.6 Å². The van der Waals surface area contributed by atoms with Crippen LogP contribution >= 0.6 is 0 Å². The van der Waals surface area contributed by atoms with E-state index in [0.29, 0.717) is 22.7 Å². The average Bonchev–Trinajstić information content (AvgIpc) is 3.43. The fourth-order valence-electron chi connectivity index (χ4n) is 2.97.